The van der Waals surface area contributed by atoms with Crippen LogP contribution in [-0.4, -0.2) is 40.5 Å². The zero-order valence-corrected chi connectivity index (χ0v) is 21.8. The maximum atomic E-state index is 14.1. The van der Waals surface area contributed by atoms with Crippen LogP contribution in [0.5, 0.6) is 0 Å². The van der Waals surface area contributed by atoms with Gasteiger partial charge in [-0.3, -0.25) is 4.57 Å². The van der Waals surface area contributed by atoms with E-state index in [1.54, 1.807) is 13.8 Å². The summed E-state index contributed by atoms with van der Waals surface area (Å²) in [4.78, 5) is 0. The molecule has 0 aliphatic rings. The van der Waals surface area contributed by atoms with E-state index in [1.807, 2.05) is 58.9 Å². The van der Waals surface area contributed by atoms with Crippen molar-refractivity contribution in [1.82, 2.24) is 4.72 Å². The highest BCUT2D eigenvalue weighted by Crippen LogP contribution is 2.61. The van der Waals surface area contributed by atoms with Crippen molar-refractivity contribution in [1.29, 1.82) is 0 Å². The van der Waals surface area contributed by atoms with Gasteiger partial charge in [-0.25, -0.2) is 8.93 Å². The summed E-state index contributed by atoms with van der Waals surface area (Å²) in [6, 6.07) is 7.16. The van der Waals surface area contributed by atoms with Crippen molar-refractivity contribution in [3.8, 4) is 0 Å². The Morgan fingerprint density at radius 1 is 1.03 bits per heavy atom. The number of benzene rings is 1. The van der Waals surface area contributed by atoms with Crippen molar-refractivity contribution < 1.29 is 22.8 Å². The number of nitrogens with one attached hydrogen (secondary N) is 1. The Morgan fingerprint density at radius 2 is 1.55 bits per heavy atom. The van der Waals surface area contributed by atoms with Crippen LogP contribution in [0.1, 0.15) is 60.1 Å². The molecule has 0 saturated heterocycles. The SMILES string of the molecule is CCOC(C)(OCC)P(=O)(C[C@H](NS(=O)C(C)(C)C)c1ccc(Br)cc1)OCC. The fraction of sp³-hybridized carbons (Fsp3) is 0.700. The van der Waals surface area contributed by atoms with Gasteiger partial charge in [-0.2, -0.15) is 0 Å². The molecular formula is C20H35BrNO5PS. The van der Waals surface area contributed by atoms with Gasteiger partial charge in [-0.15, -0.1) is 0 Å². The zero-order chi connectivity index (χ0) is 22.3. The van der Waals surface area contributed by atoms with Crippen LogP contribution in [0.15, 0.2) is 28.7 Å². The first-order valence-electron chi connectivity index (χ1n) is 9.87. The molecule has 9 heteroatoms. The molecule has 0 spiro atoms. The predicted octanol–water partition coefficient (Wildman–Crippen LogP) is 5.60. The van der Waals surface area contributed by atoms with E-state index in [0.29, 0.717) is 13.2 Å². The summed E-state index contributed by atoms with van der Waals surface area (Å²) in [5, 5.41) is 0. The molecule has 6 nitrogen and oxygen atoms in total. The summed E-state index contributed by atoms with van der Waals surface area (Å²) in [6.07, 6.45) is 0.0841. The molecule has 1 N–H and O–H groups in total. The van der Waals surface area contributed by atoms with E-state index in [2.05, 4.69) is 20.7 Å². The van der Waals surface area contributed by atoms with Crippen molar-refractivity contribution in [3.05, 3.63) is 34.3 Å². The molecular weight excluding hydrogens is 477 g/mol. The highest BCUT2D eigenvalue weighted by atomic mass is 79.9. The van der Waals surface area contributed by atoms with Crippen molar-refractivity contribution >= 4 is 34.3 Å². The van der Waals surface area contributed by atoms with E-state index in [1.165, 1.54) is 0 Å². The first-order chi connectivity index (χ1) is 13.4. The lowest BCUT2D eigenvalue weighted by atomic mass is 10.1. The molecule has 0 radical (unpaired) electrons. The number of ether oxygens (including phenoxy) is 2. The molecule has 0 fully saturated rings. The number of halogens is 1. The quantitative estimate of drug-likeness (QED) is 0.292. The Morgan fingerprint density at radius 3 is 1.97 bits per heavy atom. The summed E-state index contributed by atoms with van der Waals surface area (Å²) in [6.45, 7) is 13.7. The van der Waals surface area contributed by atoms with Crippen LogP contribution < -0.4 is 4.72 Å². The summed E-state index contributed by atoms with van der Waals surface area (Å²) in [5.41, 5.74) is -0.522. The Hall–Kier alpha value is -0.0800. The Kier molecular flexibility index (Phi) is 10.7. The van der Waals surface area contributed by atoms with Gasteiger partial charge in [0.25, 0.3) is 7.37 Å². The van der Waals surface area contributed by atoms with Crippen molar-refractivity contribution in [2.45, 2.75) is 64.8 Å². The van der Waals surface area contributed by atoms with Gasteiger partial charge in [0.05, 0.1) is 34.5 Å². The molecule has 29 heavy (non-hydrogen) atoms. The summed E-state index contributed by atoms with van der Waals surface area (Å²) in [7, 11) is -4.84. The van der Waals surface area contributed by atoms with Crippen LogP contribution in [0.25, 0.3) is 0 Å². The molecule has 0 aliphatic heterocycles. The molecule has 0 aliphatic carbocycles. The van der Waals surface area contributed by atoms with Crippen LogP contribution in [-0.2, 0) is 29.5 Å². The Bertz CT molecular complexity index is 702. The maximum Gasteiger partial charge on any atom is 0.262 e. The first kappa shape index (κ1) is 27.0. The minimum Gasteiger partial charge on any atom is -0.342 e. The fourth-order valence-electron chi connectivity index (χ4n) is 2.77. The average molecular weight is 512 g/mol. The Labute approximate surface area is 186 Å². The molecule has 2 unspecified atom stereocenters. The average Bonchev–Trinajstić information content (AvgIpc) is 2.61. The van der Waals surface area contributed by atoms with Crippen LogP contribution in [0, 0.1) is 0 Å². The van der Waals surface area contributed by atoms with Gasteiger partial charge in [0, 0.05) is 17.7 Å². The monoisotopic (exact) mass is 511 g/mol. The number of hydrogen-bond acceptors (Lipinski definition) is 5. The number of rotatable bonds is 12. The molecule has 0 aromatic heterocycles. The molecule has 1 aromatic carbocycles. The second-order valence-corrected chi connectivity index (χ2v) is 13.3. The molecule has 0 heterocycles. The van der Waals surface area contributed by atoms with Crippen molar-refractivity contribution in [2.75, 3.05) is 26.0 Å². The lowest BCUT2D eigenvalue weighted by Crippen LogP contribution is -2.40. The van der Waals surface area contributed by atoms with Gasteiger partial charge in [-0.1, -0.05) is 28.1 Å². The second-order valence-electron chi connectivity index (χ2n) is 7.64. The van der Waals surface area contributed by atoms with Crippen LogP contribution in [0.4, 0.5) is 0 Å². The second kappa shape index (κ2) is 11.5. The van der Waals surface area contributed by atoms with E-state index in [9.17, 15) is 8.77 Å². The van der Waals surface area contributed by atoms with Crippen LogP contribution in [0.3, 0.4) is 0 Å². The molecule has 168 valence electrons. The third kappa shape index (κ3) is 7.53. The molecule has 0 bridgehead atoms. The van der Waals surface area contributed by atoms with Gasteiger partial charge < -0.3 is 14.0 Å². The smallest absolute Gasteiger partial charge is 0.262 e. The van der Waals surface area contributed by atoms with E-state index in [0.717, 1.165) is 10.0 Å². The van der Waals surface area contributed by atoms with Crippen molar-refractivity contribution in [3.63, 3.8) is 0 Å². The van der Waals surface area contributed by atoms with E-state index in [-0.39, 0.29) is 12.8 Å². The molecule has 0 amide bonds. The fourth-order valence-corrected chi connectivity index (χ4v) is 6.51. The first-order valence-corrected chi connectivity index (χ1v) is 13.6. The van der Waals surface area contributed by atoms with Gasteiger partial charge >= 0.3 is 0 Å². The minimum absolute atomic E-state index is 0.0841. The van der Waals surface area contributed by atoms with Crippen molar-refractivity contribution in [2.24, 2.45) is 0 Å². The summed E-state index contributed by atoms with van der Waals surface area (Å²) < 4.78 is 47.9. The summed E-state index contributed by atoms with van der Waals surface area (Å²) in [5.74, 6) is 0. The molecule has 1 rings (SSSR count). The normalized spacial score (nSPS) is 17.0. The standard InChI is InChI=1S/C20H35BrNO5PS/c1-8-25-20(7,26-9-2)28(23,27-10-3)15-18(22-29(24)19(4,5)6)16-11-13-17(21)14-12-16/h11-14,18,22H,8-10,15H2,1-7H3/t18-,28?,29?/m0/s1. The highest BCUT2D eigenvalue weighted by molar-refractivity contribution is 9.10. The topological polar surface area (TPSA) is 73.9 Å². The number of hydrogen-bond donors (Lipinski definition) is 1. The third-order valence-electron chi connectivity index (χ3n) is 4.28. The summed E-state index contributed by atoms with van der Waals surface area (Å²) >= 11 is 3.44. The predicted molar refractivity (Wildman–Crippen MR) is 124 cm³/mol. The van der Waals surface area contributed by atoms with Gasteiger partial charge in [-0.05, 0) is 66.2 Å². The lowest BCUT2D eigenvalue weighted by molar-refractivity contribution is -0.168. The zero-order valence-electron chi connectivity index (χ0n) is 18.5. The van der Waals surface area contributed by atoms with E-state index < -0.39 is 34.7 Å². The maximum absolute atomic E-state index is 14.1. The van der Waals surface area contributed by atoms with Gasteiger partial charge in [0.1, 0.15) is 0 Å². The van der Waals surface area contributed by atoms with Gasteiger partial charge in [0.15, 0.2) is 0 Å². The van der Waals surface area contributed by atoms with Crippen LogP contribution in [0.2, 0.25) is 0 Å². The third-order valence-corrected chi connectivity index (χ3v) is 9.44. The molecule has 0 saturated carbocycles. The van der Waals surface area contributed by atoms with Crippen LogP contribution >= 0.6 is 23.3 Å². The van der Waals surface area contributed by atoms with Gasteiger partial charge in [0.2, 0.25) is 5.53 Å². The van der Waals surface area contributed by atoms with E-state index in [4.69, 9.17) is 14.0 Å². The molecule has 1 aromatic rings. The largest absolute Gasteiger partial charge is 0.342 e. The highest BCUT2D eigenvalue weighted by Gasteiger charge is 2.49. The lowest BCUT2D eigenvalue weighted by Gasteiger charge is -2.38. The minimum atomic E-state index is -3.47. The Balaban J connectivity index is 3.38. The van der Waals surface area contributed by atoms with E-state index >= 15 is 0 Å². The molecule has 3 atom stereocenters.